The highest BCUT2D eigenvalue weighted by atomic mass is 16.3. The summed E-state index contributed by atoms with van der Waals surface area (Å²) in [6, 6.07) is 14.5. The molecular formula is C22H32N4O2. The third-order valence-electron chi connectivity index (χ3n) is 5.16. The highest BCUT2D eigenvalue weighted by Crippen LogP contribution is 2.14. The zero-order valence-corrected chi connectivity index (χ0v) is 16.5. The van der Waals surface area contributed by atoms with Crippen LogP contribution in [0.1, 0.15) is 12.8 Å². The number of piperazine rings is 1. The first-order chi connectivity index (χ1) is 13.7. The Labute approximate surface area is 167 Å². The molecule has 0 bridgehead atoms. The Morgan fingerprint density at radius 1 is 0.607 bits per heavy atom. The Balaban J connectivity index is 1.21. The van der Waals surface area contributed by atoms with Crippen LogP contribution in [0.15, 0.2) is 48.5 Å². The van der Waals surface area contributed by atoms with Crippen molar-refractivity contribution in [2.24, 2.45) is 0 Å². The standard InChI is InChI=1S/C22H32N4O2/c27-21-7-3-19(4-8-21)23-11-1-13-25-15-17-26(18-16-25)14-2-12-24-20-5-9-22(28)10-6-20/h3-10,23-24,27-28H,1-2,11-18H2. The molecule has 6 nitrogen and oxygen atoms in total. The van der Waals surface area contributed by atoms with Gasteiger partial charge in [0, 0.05) is 50.6 Å². The second-order valence-corrected chi connectivity index (χ2v) is 7.34. The first-order valence-electron chi connectivity index (χ1n) is 10.2. The number of hydrogen-bond acceptors (Lipinski definition) is 6. The molecule has 3 rings (SSSR count). The van der Waals surface area contributed by atoms with Crippen LogP contribution in [0.5, 0.6) is 11.5 Å². The normalized spacial score (nSPS) is 15.4. The molecule has 1 aliphatic heterocycles. The molecule has 1 fully saturated rings. The van der Waals surface area contributed by atoms with Crippen LogP contribution in [0.2, 0.25) is 0 Å². The van der Waals surface area contributed by atoms with Crippen molar-refractivity contribution in [3.05, 3.63) is 48.5 Å². The van der Waals surface area contributed by atoms with Crippen LogP contribution < -0.4 is 10.6 Å². The zero-order chi connectivity index (χ0) is 19.6. The minimum Gasteiger partial charge on any atom is -0.508 e. The number of nitrogens with one attached hydrogen (secondary N) is 2. The molecule has 4 N–H and O–H groups in total. The van der Waals surface area contributed by atoms with Crippen molar-refractivity contribution in [2.45, 2.75) is 12.8 Å². The van der Waals surface area contributed by atoms with Gasteiger partial charge < -0.3 is 30.6 Å². The Bertz CT molecular complexity index is 621. The van der Waals surface area contributed by atoms with E-state index >= 15 is 0 Å². The molecule has 1 saturated heterocycles. The lowest BCUT2D eigenvalue weighted by molar-refractivity contribution is 0.132. The van der Waals surface area contributed by atoms with E-state index in [4.69, 9.17) is 0 Å². The molecule has 0 saturated carbocycles. The van der Waals surface area contributed by atoms with E-state index in [0.717, 1.165) is 76.6 Å². The summed E-state index contributed by atoms with van der Waals surface area (Å²) < 4.78 is 0. The van der Waals surface area contributed by atoms with Gasteiger partial charge in [0.25, 0.3) is 0 Å². The number of nitrogens with zero attached hydrogens (tertiary/aromatic N) is 2. The van der Waals surface area contributed by atoms with Crippen molar-refractivity contribution in [1.82, 2.24) is 9.80 Å². The predicted molar refractivity (Wildman–Crippen MR) is 115 cm³/mol. The molecule has 2 aromatic carbocycles. The molecule has 0 radical (unpaired) electrons. The van der Waals surface area contributed by atoms with Gasteiger partial charge in [-0.15, -0.1) is 0 Å². The lowest BCUT2D eigenvalue weighted by Crippen LogP contribution is -2.47. The van der Waals surface area contributed by atoms with E-state index in [1.807, 2.05) is 24.3 Å². The molecule has 0 unspecified atom stereocenters. The lowest BCUT2D eigenvalue weighted by atomic mass is 10.2. The van der Waals surface area contributed by atoms with Gasteiger partial charge in [0.05, 0.1) is 0 Å². The number of phenolic OH excluding ortho intramolecular Hbond substituents is 2. The van der Waals surface area contributed by atoms with Crippen LogP contribution in [0.3, 0.4) is 0 Å². The second kappa shape index (κ2) is 10.8. The minimum atomic E-state index is 0.305. The average Bonchev–Trinajstić information content (AvgIpc) is 2.72. The molecule has 28 heavy (non-hydrogen) atoms. The number of hydrogen-bond donors (Lipinski definition) is 4. The van der Waals surface area contributed by atoms with E-state index in [9.17, 15) is 10.2 Å². The number of phenols is 2. The summed E-state index contributed by atoms with van der Waals surface area (Å²) in [5, 5.41) is 25.4. The Morgan fingerprint density at radius 3 is 1.32 bits per heavy atom. The van der Waals surface area contributed by atoms with E-state index in [-0.39, 0.29) is 0 Å². The quantitative estimate of drug-likeness (QED) is 0.373. The summed E-state index contributed by atoms with van der Waals surface area (Å²) in [5.74, 6) is 0.610. The van der Waals surface area contributed by atoms with Crippen LogP contribution in [-0.4, -0.2) is 72.4 Å². The molecule has 0 amide bonds. The molecule has 6 heteroatoms. The van der Waals surface area contributed by atoms with E-state index in [0.29, 0.717) is 11.5 Å². The molecule has 1 aliphatic rings. The smallest absolute Gasteiger partial charge is 0.115 e. The van der Waals surface area contributed by atoms with Gasteiger partial charge in [-0.2, -0.15) is 0 Å². The van der Waals surface area contributed by atoms with Crippen molar-refractivity contribution >= 4 is 11.4 Å². The van der Waals surface area contributed by atoms with Crippen LogP contribution in [0, 0.1) is 0 Å². The molecule has 2 aromatic rings. The molecule has 0 aromatic heterocycles. The number of anilines is 2. The Morgan fingerprint density at radius 2 is 0.964 bits per heavy atom. The highest BCUT2D eigenvalue weighted by molar-refractivity contribution is 5.46. The molecular weight excluding hydrogens is 352 g/mol. The molecule has 152 valence electrons. The van der Waals surface area contributed by atoms with Crippen molar-refractivity contribution < 1.29 is 10.2 Å². The molecule has 0 aliphatic carbocycles. The van der Waals surface area contributed by atoms with Crippen LogP contribution in [0.25, 0.3) is 0 Å². The zero-order valence-electron chi connectivity index (χ0n) is 16.5. The largest absolute Gasteiger partial charge is 0.508 e. The first-order valence-corrected chi connectivity index (χ1v) is 10.2. The third-order valence-corrected chi connectivity index (χ3v) is 5.16. The Hall–Kier alpha value is -2.44. The summed E-state index contributed by atoms with van der Waals surface area (Å²) in [6.07, 6.45) is 2.24. The van der Waals surface area contributed by atoms with E-state index in [1.165, 1.54) is 0 Å². The predicted octanol–water partition coefficient (Wildman–Crippen LogP) is 3.02. The average molecular weight is 385 g/mol. The van der Waals surface area contributed by atoms with E-state index < -0.39 is 0 Å². The maximum atomic E-state index is 9.30. The maximum Gasteiger partial charge on any atom is 0.115 e. The van der Waals surface area contributed by atoms with Gasteiger partial charge in [0.15, 0.2) is 0 Å². The van der Waals surface area contributed by atoms with Crippen molar-refractivity contribution in [1.29, 1.82) is 0 Å². The molecule has 0 atom stereocenters. The van der Waals surface area contributed by atoms with Crippen molar-refractivity contribution in [2.75, 3.05) is 63.0 Å². The van der Waals surface area contributed by atoms with Gasteiger partial charge in [0.1, 0.15) is 11.5 Å². The van der Waals surface area contributed by atoms with E-state index in [2.05, 4.69) is 20.4 Å². The van der Waals surface area contributed by atoms with Gasteiger partial charge in [-0.3, -0.25) is 0 Å². The minimum absolute atomic E-state index is 0.305. The first kappa shape index (κ1) is 20.3. The maximum absolute atomic E-state index is 9.30. The van der Waals surface area contributed by atoms with Gasteiger partial charge in [-0.1, -0.05) is 0 Å². The van der Waals surface area contributed by atoms with E-state index in [1.54, 1.807) is 24.3 Å². The summed E-state index contributed by atoms with van der Waals surface area (Å²) in [5.41, 5.74) is 2.12. The molecule has 1 heterocycles. The van der Waals surface area contributed by atoms with Gasteiger partial charge >= 0.3 is 0 Å². The fraction of sp³-hybridized carbons (Fsp3) is 0.455. The SMILES string of the molecule is Oc1ccc(NCCCN2CCN(CCCNc3ccc(O)cc3)CC2)cc1. The highest BCUT2D eigenvalue weighted by Gasteiger charge is 2.15. The fourth-order valence-electron chi connectivity index (χ4n) is 3.47. The number of rotatable bonds is 10. The molecule has 0 spiro atoms. The fourth-order valence-corrected chi connectivity index (χ4v) is 3.47. The Kier molecular flexibility index (Phi) is 7.82. The second-order valence-electron chi connectivity index (χ2n) is 7.34. The van der Waals surface area contributed by atoms with Crippen LogP contribution in [0.4, 0.5) is 11.4 Å². The summed E-state index contributed by atoms with van der Waals surface area (Å²) >= 11 is 0. The van der Waals surface area contributed by atoms with Crippen molar-refractivity contribution in [3.63, 3.8) is 0 Å². The monoisotopic (exact) mass is 384 g/mol. The third kappa shape index (κ3) is 6.94. The summed E-state index contributed by atoms with van der Waals surface area (Å²) in [6.45, 7) is 8.73. The lowest BCUT2D eigenvalue weighted by Gasteiger charge is -2.34. The van der Waals surface area contributed by atoms with Crippen molar-refractivity contribution in [3.8, 4) is 11.5 Å². The number of benzene rings is 2. The summed E-state index contributed by atoms with van der Waals surface area (Å²) in [4.78, 5) is 5.09. The number of aromatic hydroxyl groups is 2. The van der Waals surface area contributed by atoms with Crippen LogP contribution in [-0.2, 0) is 0 Å². The summed E-state index contributed by atoms with van der Waals surface area (Å²) in [7, 11) is 0. The van der Waals surface area contributed by atoms with Gasteiger partial charge in [0.2, 0.25) is 0 Å². The van der Waals surface area contributed by atoms with Crippen LogP contribution >= 0.6 is 0 Å². The topological polar surface area (TPSA) is 71.0 Å². The van der Waals surface area contributed by atoms with Gasteiger partial charge in [-0.25, -0.2) is 0 Å². The van der Waals surface area contributed by atoms with Gasteiger partial charge in [-0.05, 0) is 74.5 Å².